The topological polar surface area (TPSA) is 60.5 Å². The number of pyridine rings is 1. The fourth-order valence-corrected chi connectivity index (χ4v) is 2.35. The van der Waals surface area contributed by atoms with Crippen molar-refractivity contribution in [3.8, 4) is 11.5 Å². The average molecular weight is 373 g/mol. The van der Waals surface area contributed by atoms with Crippen LogP contribution in [0.2, 0.25) is 10.0 Å². The second-order valence-corrected chi connectivity index (χ2v) is 5.63. The molecule has 0 fully saturated rings. The van der Waals surface area contributed by atoms with Crippen LogP contribution < -0.4 is 14.8 Å². The van der Waals surface area contributed by atoms with E-state index < -0.39 is 0 Å². The summed E-state index contributed by atoms with van der Waals surface area (Å²) in [7, 11) is 1.53. The van der Waals surface area contributed by atoms with E-state index in [4.69, 9.17) is 32.7 Å². The van der Waals surface area contributed by atoms with E-state index in [1.54, 1.807) is 18.2 Å². The first kappa shape index (κ1) is 17.7. The summed E-state index contributed by atoms with van der Waals surface area (Å²) >= 11 is 16.1. The number of nitrogens with zero attached hydrogens (tertiary/aromatic N) is 1. The Hall–Kier alpha value is -1.63. The van der Waals surface area contributed by atoms with Gasteiger partial charge in [0.2, 0.25) is 0 Å². The average Bonchev–Trinajstić information content (AvgIpc) is 2.56. The highest BCUT2D eigenvalue weighted by molar-refractivity contribution is 7.80. The lowest BCUT2D eigenvalue weighted by molar-refractivity contribution is 0.102. The molecule has 0 saturated heterocycles. The molecule has 8 heteroatoms. The summed E-state index contributed by atoms with van der Waals surface area (Å²) in [4.78, 5) is 16.2. The molecule has 2 rings (SSSR count). The lowest BCUT2D eigenvalue weighted by atomic mass is 10.2. The largest absolute Gasteiger partial charge is 0.493 e. The van der Waals surface area contributed by atoms with Crippen molar-refractivity contribution in [3.63, 3.8) is 0 Å². The van der Waals surface area contributed by atoms with Crippen molar-refractivity contribution in [2.24, 2.45) is 0 Å². The molecule has 0 spiro atoms. The summed E-state index contributed by atoms with van der Waals surface area (Å²) in [5.74, 6) is 1.16. The van der Waals surface area contributed by atoms with Crippen LogP contribution in [0.3, 0.4) is 0 Å². The minimum atomic E-state index is -0.377. The second-order valence-electron chi connectivity index (χ2n) is 4.37. The summed E-state index contributed by atoms with van der Waals surface area (Å²) in [6.07, 6.45) is 2.80. The molecule has 1 aromatic carbocycles. The van der Waals surface area contributed by atoms with Gasteiger partial charge in [-0.1, -0.05) is 23.2 Å². The maximum atomic E-state index is 12.4. The zero-order valence-corrected chi connectivity index (χ0v) is 14.6. The van der Waals surface area contributed by atoms with Crippen molar-refractivity contribution in [1.29, 1.82) is 0 Å². The molecule has 0 aliphatic heterocycles. The van der Waals surface area contributed by atoms with Gasteiger partial charge >= 0.3 is 0 Å². The number of aromatic nitrogens is 1. The van der Waals surface area contributed by atoms with Gasteiger partial charge < -0.3 is 14.8 Å². The Balaban J connectivity index is 2.25. The molecule has 2 aromatic rings. The van der Waals surface area contributed by atoms with Crippen molar-refractivity contribution in [1.82, 2.24) is 4.98 Å². The Morgan fingerprint density at radius 3 is 2.57 bits per heavy atom. The van der Waals surface area contributed by atoms with E-state index >= 15 is 0 Å². The molecular formula is C15H14Cl2N2O3S. The number of carbonyl (C=O) groups excluding carboxylic acids is 1. The minimum Gasteiger partial charge on any atom is -0.493 e. The normalized spacial score (nSPS) is 10.3. The van der Waals surface area contributed by atoms with E-state index in [0.29, 0.717) is 35.1 Å². The molecule has 1 heterocycles. The van der Waals surface area contributed by atoms with E-state index in [1.807, 2.05) is 0 Å². The number of benzene rings is 1. The third-order valence-electron chi connectivity index (χ3n) is 2.87. The highest BCUT2D eigenvalue weighted by atomic mass is 35.5. The SMILES string of the molecule is COc1ccc(C(=O)Nc2c(Cl)cncc2Cl)cc1OCCS. The number of methoxy groups -OCH3 is 1. The van der Waals surface area contributed by atoms with Crippen molar-refractivity contribution < 1.29 is 14.3 Å². The predicted molar refractivity (Wildman–Crippen MR) is 94.6 cm³/mol. The number of amides is 1. The first-order chi connectivity index (χ1) is 11.1. The quantitative estimate of drug-likeness (QED) is 0.753. The third-order valence-corrected chi connectivity index (χ3v) is 3.62. The van der Waals surface area contributed by atoms with Gasteiger partial charge in [-0.25, -0.2) is 0 Å². The zero-order valence-electron chi connectivity index (χ0n) is 12.2. The van der Waals surface area contributed by atoms with E-state index in [9.17, 15) is 4.79 Å². The summed E-state index contributed by atoms with van der Waals surface area (Å²) < 4.78 is 10.7. The van der Waals surface area contributed by atoms with Crippen LogP contribution in [0.25, 0.3) is 0 Å². The summed E-state index contributed by atoms with van der Waals surface area (Å²) in [5.41, 5.74) is 0.686. The van der Waals surface area contributed by atoms with Crippen LogP contribution in [0.4, 0.5) is 5.69 Å². The lowest BCUT2D eigenvalue weighted by Gasteiger charge is -2.12. The Morgan fingerprint density at radius 2 is 1.96 bits per heavy atom. The molecule has 0 aliphatic carbocycles. The van der Waals surface area contributed by atoms with Gasteiger partial charge in [0, 0.05) is 23.7 Å². The molecule has 0 aliphatic rings. The predicted octanol–water partition coefficient (Wildman–Crippen LogP) is 3.96. The second kappa shape index (κ2) is 8.29. The number of carbonyl (C=O) groups is 1. The summed E-state index contributed by atoms with van der Waals surface area (Å²) in [6, 6.07) is 4.85. The number of thiol groups is 1. The number of hydrogen-bond acceptors (Lipinski definition) is 5. The fraction of sp³-hybridized carbons (Fsp3) is 0.200. The molecule has 0 radical (unpaired) electrons. The summed E-state index contributed by atoms with van der Waals surface area (Å²) in [5, 5.41) is 3.17. The monoisotopic (exact) mass is 372 g/mol. The van der Waals surface area contributed by atoms with Gasteiger partial charge in [-0.3, -0.25) is 9.78 Å². The Morgan fingerprint density at radius 1 is 1.26 bits per heavy atom. The van der Waals surface area contributed by atoms with E-state index in [1.165, 1.54) is 19.5 Å². The smallest absolute Gasteiger partial charge is 0.255 e. The number of rotatable bonds is 6. The van der Waals surface area contributed by atoms with Crippen LogP contribution in [-0.2, 0) is 0 Å². The van der Waals surface area contributed by atoms with Crippen LogP contribution >= 0.6 is 35.8 Å². The summed E-state index contributed by atoms with van der Waals surface area (Å²) in [6.45, 7) is 0.395. The standard InChI is InChI=1S/C15H14Cl2N2O3S/c1-21-12-3-2-9(6-13(12)22-4-5-23)15(20)19-14-10(16)7-18-8-11(14)17/h2-3,6-8,23H,4-5H2,1H3,(H,18,19,20). The van der Waals surface area contributed by atoms with E-state index in [2.05, 4.69) is 22.9 Å². The first-order valence-corrected chi connectivity index (χ1v) is 7.97. The number of halogens is 2. The van der Waals surface area contributed by atoms with Gasteiger partial charge in [-0.05, 0) is 18.2 Å². The molecule has 0 atom stereocenters. The highest BCUT2D eigenvalue weighted by Gasteiger charge is 2.14. The molecule has 1 aromatic heterocycles. The van der Waals surface area contributed by atoms with Crippen LogP contribution in [0.1, 0.15) is 10.4 Å². The molecule has 122 valence electrons. The first-order valence-electron chi connectivity index (χ1n) is 6.59. The highest BCUT2D eigenvalue weighted by Crippen LogP contribution is 2.31. The third kappa shape index (κ3) is 4.43. The van der Waals surface area contributed by atoms with Gasteiger partial charge in [-0.15, -0.1) is 0 Å². The fourth-order valence-electron chi connectivity index (χ4n) is 1.80. The molecule has 1 N–H and O–H groups in total. The minimum absolute atomic E-state index is 0.255. The van der Waals surface area contributed by atoms with Crippen molar-refractivity contribution in [2.45, 2.75) is 0 Å². The van der Waals surface area contributed by atoms with Crippen LogP contribution in [0.15, 0.2) is 30.6 Å². The lowest BCUT2D eigenvalue weighted by Crippen LogP contribution is -2.13. The number of anilines is 1. The maximum Gasteiger partial charge on any atom is 0.255 e. The Labute approximate surface area is 149 Å². The van der Waals surface area contributed by atoms with Gasteiger partial charge in [0.05, 0.1) is 29.4 Å². The van der Waals surface area contributed by atoms with Crippen LogP contribution in [0.5, 0.6) is 11.5 Å². The molecule has 0 saturated carbocycles. The number of nitrogens with one attached hydrogen (secondary N) is 1. The molecule has 0 unspecified atom stereocenters. The van der Waals surface area contributed by atoms with Crippen molar-refractivity contribution >= 4 is 47.4 Å². The number of ether oxygens (including phenoxy) is 2. The van der Waals surface area contributed by atoms with Crippen LogP contribution in [-0.4, -0.2) is 30.4 Å². The molecule has 5 nitrogen and oxygen atoms in total. The molecule has 1 amide bonds. The van der Waals surface area contributed by atoms with E-state index in [0.717, 1.165) is 0 Å². The molecule has 0 bridgehead atoms. The van der Waals surface area contributed by atoms with Crippen molar-refractivity contribution in [2.75, 3.05) is 24.8 Å². The Bertz CT molecular complexity index is 693. The Kier molecular flexibility index (Phi) is 6.38. The van der Waals surface area contributed by atoms with Gasteiger partial charge in [0.25, 0.3) is 5.91 Å². The van der Waals surface area contributed by atoms with Crippen LogP contribution in [0, 0.1) is 0 Å². The zero-order chi connectivity index (χ0) is 16.8. The van der Waals surface area contributed by atoms with Gasteiger partial charge in [-0.2, -0.15) is 12.6 Å². The maximum absolute atomic E-state index is 12.4. The molecule has 23 heavy (non-hydrogen) atoms. The van der Waals surface area contributed by atoms with E-state index in [-0.39, 0.29) is 16.0 Å². The molecular weight excluding hydrogens is 359 g/mol. The van der Waals surface area contributed by atoms with Crippen molar-refractivity contribution in [3.05, 3.63) is 46.2 Å². The number of hydrogen-bond donors (Lipinski definition) is 2. The van der Waals surface area contributed by atoms with Gasteiger partial charge in [0.1, 0.15) is 0 Å². The van der Waals surface area contributed by atoms with Gasteiger partial charge in [0.15, 0.2) is 11.5 Å².